The molecule has 0 heterocycles. The highest BCUT2D eigenvalue weighted by atomic mass is 35.5. The van der Waals surface area contributed by atoms with Gasteiger partial charge in [0.15, 0.2) is 0 Å². The standard InChI is InChI=1S/C21H26Cl2N2O/c1-4-5-20(25(2)3)21(26)24-13-12-15-6-8-16(9-7-15)17-10-11-18(22)19(23)14-17/h6-11,14,20H,4-5,12-13H2,1-3H3,(H,24,26). The minimum absolute atomic E-state index is 0.0583. The predicted molar refractivity (Wildman–Crippen MR) is 111 cm³/mol. The van der Waals surface area contributed by atoms with Crippen LogP contribution in [0.3, 0.4) is 0 Å². The van der Waals surface area contributed by atoms with Crippen molar-refractivity contribution in [2.75, 3.05) is 20.6 Å². The Kier molecular flexibility index (Phi) is 7.95. The first-order valence-electron chi connectivity index (χ1n) is 8.91. The van der Waals surface area contributed by atoms with Gasteiger partial charge in [0, 0.05) is 6.54 Å². The van der Waals surface area contributed by atoms with Gasteiger partial charge >= 0.3 is 0 Å². The Morgan fingerprint density at radius 1 is 1.04 bits per heavy atom. The van der Waals surface area contributed by atoms with Crippen molar-refractivity contribution in [2.24, 2.45) is 0 Å². The van der Waals surface area contributed by atoms with Crippen molar-refractivity contribution in [3.63, 3.8) is 0 Å². The van der Waals surface area contributed by atoms with E-state index in [1.54, 1.807) is 6.07 Å². The molecule has 0 saturated carbocycles. The van der Waals surface area contributed by atoms with Gasteiger partial charge in [0.1, 0.15) is 0 Å². The highest BCUT2D eigenvalue weighted by Gasteiger charge is 2.18. The van der Waals surface area contributed by atoms with E-state index in [2.05, 4.69) is 36.5 Å². The van der Waals surface area contributed by atoms with E-state index in [1.165, 1.54) is 5.56 Å². The summed E-state index contributed by atoms with van der Waals surface area (Å²) in [6.07, 6.45) is 2.67. The predicted octanol–water partition coefficient (Wildman–Crippen LogP) is 5.05. The summed E-state index contributed by atoms with van der Waals surface area (Å²) in [6, 6.07) is 13.9. The number of carbonyl (C=O) groups excluding carboxylic acids is 1. The van der Waals surface area contributed by atoms with E-state index in [-0.39, 0.29) is 11.9 Å². The molecular weight excluding hydrogens is 367 g/mol. The largest absolute Gasteiger partial charge is 0.354 e. The molecule has 140 valence electrons. The fourth-order valence-corrected chi connectivity index (χ4v) is 3.18. The number of halogens is 2. The summed E-state index contributed by atoms with van der Waals surface area (Å²) in [6.45, 7) is 2.73. The molecule has 0 fully saturated rings. The first-order valence-corrected chi connectivity index (χ1v) is 9.66. The maximum atomic E-state index is 12.3. The molecule has 0 bridgehead atoms. The van der Waals surface area contributed by atoms with Crippen LogP contribution in [0.5, 0.6) is 0 Å². The van der Waals surface area contributed by atoms with Crippen LogP contribution in [-0.2, 0) is 11.2 Å². The van der Waals surface area contributed by atoms with Crippen LogP contribution in [0.2, 0.25) is 10.0 Å². The summed E-state index contributed by atoms with van der Waals surface area (Å²) in [5, 5.41) is 4.16. The number of carbonyl (C=O) groups is 1. The van der Waals surface area contributed by atoms with Gasteiger partial charge in [-0.3, -0.25) is 9.69 Å². The lowest BCUT2D eigenvalue weighted by molar-refractivity contribution is -0.125. The van der Waals surface area contributed by atoms with Gasteiger partial charge in [0.05, 0.1) is 16.1 Å². The molecule has 0 saturated heterocycles. The van der Waals surface area contributed by atoms with Crippen molar-refractivity contribution in [1.82, 2.24) is 10.2 Å². The summed E-state index contributed by atoms with van der Waals surface area (Å²) < 4.78 is 0. The average molecular weight is 393 g/mol. The van der Waals surface area contributed by atoms with Gasteiger partial charge in [-0.2, -0.15) is 0 Å². The van der Waals surface area contributed by atoms with Crippen molar-refractivity contribution >= 4 is 29.1 Å². The van der Waals surface area contributed by atoms with Crippen LogP contribution >= 0.6 is 23.2 Å². The number of hydrogen-bond acceptors (Lipinski definition) is 2. The molecule has 1 unspecified atom stereocenters. The van der Waals surface area contributed by atoms with Crippen LogP contribution in [0.1, 0.15) is 25.3 Å². The molecule has 0 aliphatic rings. The van der Waals surface area contributed by atoms with E-state index in [1.807, 2.05) is 31.1 Å². The lowest BCUT2D eigenvalue weighted by Gasteiger charge is -2.22. The third-order valence-electron chi connectivity index (χ3n) is 4.41. The smallest absolute Gasteiger partial charge is 0.237 e. The zero-order valence-electron chi connectivity index (χ0n) is 15.6. The lowest BCUT2D eigenvalue weighted by Crippen LogP contribution is -2.44. The van der Waals surface area contributed by atoms with Gasteiger partial charge in [-0.15, -0.1) is 0 Å². The zero-order chi connectivity index (χ0) is 19.1. The molecule has 1 N–H and O–H groups in total. The third-order valence-corrected chi connectivity index (χ3v) is 5.15. The topological polar surface area (TPSA) is 32.3 Å². The minimum atomic E-state index is -0.0583. The van der Waals surface area contributed by atoms with E-state index in [4.69, 9.17) is 23.2 Å². The van der Waals surface area contributed by atoms with Crippen LogP contribution in [0.25, 0.3) is 11.1 Å². The number of rotatable bonds is 8. The third kappa shape index (κ3) is 5.73. The normalized spacial score (nSPS) is 12.2. The van der Waals surface area contributed by atoms with Gasteiger partial charge in [-0.05, 0) is 55.8 Å². The maximum Gasteiger partial charge on any atom is 0.237 e. The molecule has 2 aromatic rings. The van der Waals surface area contributed by atoms with Crippen molar-refractivity contribution in [2.45, 2.75) is 32.2 Å². The van der Waals surface area contributed by atoms with Crippen LogP contribution in [0, 0.1) is 0 Å². The number of benzene rings is 2. The Labute approximate surface area is 166 Å². The number of amides is 1. The molecule has 1 amide bonds. The molecule has 0 aliphatic carbocycles. The molecule has 0 aliphatic heterocycles. The van der Waals surface area contributed by atoms with Gasteiger partial charge in [0.2, 0.25) is 5.91 Å². The summed E-state index contributed by atoms with van der Waals surface area (Å²) in [4.78, 5) is 14.3. The van der Waals surface area contributed by atoms with E-state index in [0.29, 0.717) is 16.6 Å². The molecule has 0 spiro atoms. The SMILES string of the molecule is CCCC(C(=O)NCCc1ccc(-c2ccc(Cl)c(Cl)c2)cc1)N(C)C. The number of nitrogens with zero attached hydrogens (tertiary/aromatic N) is 1. The summed E-state index contributed by atoms with van der Waals surface area (Å²) >= 11 is 12.1. The summed E-state index contributed by atoms with van der Waals surface area (Å²) in [5.41, 5.74) is 3.31. The van der Waals surface area contributed by atoms with Gasteiger partial charge in [0.25, 0.3) is 0 Å². The highest BCUT2D eigenvalue weighted by Crippen LogP contribution is 2.28. The zero-order valence-corrected chi connectivity index (χ0v) is 17.1. The maximum absolute atomic E-state index is 12.3. The van der Waals surface area contributed by atoms with E-state index in [0.717, 1.165) is 30.4 Å². The Morgan fingerprint density at radius 2 is 1.69 bits per heavy atom. The van der Waals surface area contributed by atoms with Gasteiger partial charge in [-0.1, -0.05) is 66.9 Å². The quantitative estimate of drug-likeness (QED) is 0.681. The number of hydrogen-bond donors (Lipinski definition) is 1. The second-order valence-corrected chi connectivity index (χ2v) is 7.45. The summed E-state index contributed by atoms with van der Waals surface area (Å²) in [7, 11) is 3.89. The fourth-order valence-electron chi connectivity index (χ4n) is 2.88. The minimum Gasteiger partial charge on any atom is -0.354 e. The fraction of sp³-hybridized carbons (Fsp3) is 0.381. The first kappa shape index (κ1) is 20.8. The molecular formula is C21H26Cl2N2O. The van der Waals surface area contributed by atoms with E-state index >= 15 is 0 Å². The van der Waals surface area contributed by atoms with Crippen molar-refractivity contribution in [3.05, 3.63) is 58.1 Å². The number of nitrogens with one attached hydrogen (secondary N) is 1. The van der Waals surface area contributed by atoms with Gasteiger partial charge in [-0.25, -0.2) is 0 Å². The van der Waals surface area contributed by atoms with Crippen molar-refractivity contribution in [3.8, 4) is 11.1 Å². The number of likely N-dealkylation sites (N-methyl/N-ethyl adjacent to an activating group) is 1. The average Bonchev–Trinajstić information content (AvgIpc) is 2.62. The molecule has 0 radical (unpaired) electrons. The van der Waals surface area contributed by atoms with E-state index in [9.17, 15) is 4.79 Å². The molecule has 0 aromatic heterocycles. The Hall–Kier alpha value is -1.55. The Balaban J connectivity index is 1.91. The van der Waals surface area contributed by atoms with Crippen molar-refractivity contribution < 1.29 is 4.79 Å². The Morgan fingerprint density at radius 3 is 2.27 bits per heavy atom. The molecule has 2 rings (SSSR count). The van der Waals surface area contributed by atoms with Crippen LogP contribution < -0.4 is 5.32 Å². The second kappa shape index (κ2) is 9.96. The van der Waals surface area contributed by atoms with Crippen LogP contribution in [-0.4, -0.2) is 37.5 Å². The molecule has 3 nitrogen and oxygen atoms in total. The lowest BCUT2D eigenvalue weighted by atomic mass is 10.0. The molecule has 2 aromatic carbocycles. The molecule has 1 atom stereocenters. The molecule has 5 heteroatoms. The summed E-state index contributed by atoms with van der Waals surface area (Å²) in [5.74, 6) is 0.101. The van der Waals surface area contributed by atoms with Gasteiger partial charge < -0.3 is 5.32 Å². The van der Waals surface area contributed by atoms with Crippen LogP contribution in [0.4, 0.5) is 0 Å². The Bertz CT molecular complexity index is 729. The highest BCUT2D eigenvalue weighted by molar-refractivity contribution is 6.42. The second-order valence-electron chi connectivity index (χ2n) is 6.63. The molecule has 26 heavy (non-hydrogen) atoms. The first-order chi connectivity index (χ1) is 12.4. The van der Waals surface area contributed by atoms with E-state index < -0.39 is 0 Å². The van der Waals surface area contributed by atoms with Crippen molar-refractivity contribution in [1.29, 1.82) is 0 Å². The van der Waals surface area contributed by atoms with Crippen LogP contribution in [0.15, 0.2) is 42.5 Å². The monoisotopic (exact) mass is 392 g/mol.